The van der Waals surface area contributed by atoms with Gasteiger partial charge in [-0.25, -0.2) is 0 Å². The van der Waals surface area contributed by atoms with Gasteiger partial charge in [0.2, 0.25) is 11.8 Å². The molecule has 0 aliphatic heterocycles. The Morgan fingerprint density at radius 2 is 1.79 bits per heavy atom. The van der Waals surface area contributed by atoms with Crippen LogP contribution in [-0.4, -0.2) is 42.9 Å². The largest absolute Gasteiger partial charge is 0.325 e. The molecule has 1 atom stereocenters. The maximum atomic E-state index is 13.1. The lowest BCUT2D eigenvalue weighted by Gasteiger charge is -2.30. The monoisotopic (exact) mass is 392 g/mol. The van der Waals surface area contributed by atoms with Crippen LogP contribution in [0.2, 0.25) is 0 Å². The fraction of sp³-hybridized carbons (Fsp3) is 0.348. The molecule has 0 saturated heterocycles. The number of hydrogen-bond acceptors (Lipinski definition) is 4. The number of amides is 2. The molecule has 2 aromatic carbocycles. The van der Waals surface area contributed by atoms with Crippen LogP contribution in [-0.2, 0) is 9.59 Å². The molecule has 2 rings (SSSR count). The number of hydrogen-bond donors (Lipinski definition) is 1. The number of aryl methyl sites for hydroxylation is 1. The second-order valence-electron chi connectivity index (χ2n) is 7.12. The fourth-order valence-electron chi connectivity index (χ4n) is 2.99. The minimum absolute atomic E-state index is 0.0845. The van der Waals surface area contributed by atoms with Crippen molar-refractivity contribution < 1.29 is 9.59 Å². The predicted octanol–water partition coefficient (Wildman–Crippen LogP) is 3.51. The average molecular weight is 393 g/mol. The molecule has 0 heterocycles. The summed E-state index contributed by atoms with van der Waals surface area (Å²) in [6, 6.07) is 16.6. The zero-order valence-corrected chi connectivity index (χ0v) is 17.5. The van der Waals surface area contributed by atoms with E-state index in [1.54, 1.807) is 23.8 Å². The Kier molecular flexibility index (Phi) is 7.93. The van der Waals surface area contributed by atoms with Gasteiger partial charge in [0.1, 0.15) is 0 Å². The normalized spacial score (nSPS) is 11.6. The first-order chi connectivity index (χ1) is 13.8. The molecule has 0 radical (unpaired) electrons. The van der Waals surface area contributed by atoms with Gasteiger partial charge < -0.3 is 10.2 Å². The maximum Gasteiger partial charge on any atom is 0.244 e. The number of carbonyl (C=O) groups excluding carboxylic acids is 2. The minimum Gasteiger partial charge on any atom is -0.325 e. The highest BCUT2D eigenvalue weighted by Crippen LogP contribution is 2.19. The number of likely N-dealkylation sites (N-methyl/N-ethyl adjacent to an activating group) is 1. The average Bonchev–Trinajstić information content (AvgIpc) is 2.71. The molecule has 0 aliphatic rings. The van der Waals surface area contributed by atoms with Crippen molar-refractivity contribution in [3.63, 3.8) is 0 Å². The van der Waals surface area contributed by atoms with Crippen LogP contribution in [0.15, 0.2) is 48.5 Å². The maximum absolute atomic E-state index is 13.1. The van der Waals surface area contributed by atoms with Crippen LogP contribution in [0.25, 0.3) is 0 Å². The van der Waals surface area contributed by atoms with Crippen LogP contribution in [0.1, 0.15) is 24.5 Å². The zero-order chi connectivity index (χ0) is 21.4. The van der Waals surface area contributed by atoms with Crippen molar-refractivity contribution in [1.29, 1.82) is 5.26 Å². The molecule has 152 valence electrons. The predicted molar refractivity (Wildman–Crippen MR) is 116 cm³/mol. The molecule has 0 bridgehead atoms. The molecule has 1 unspecified atom stereocenters. The Morgan fingerprint density at radius 3 is 2.45 bits per heavy atom. The van der Waals surface area contributed by atoms with Gasteiger partial charge in [-0.2, -0.15) is 5.26 Å². The van der Waals surface area contributed by atoms with Crippen molar-refractivity contribution in [2.75, 3.05) is 30.4 Å². The van der Waals surface area contributed by atoms with E-state index in [1.807, 2.05) is 62.4 Å². The van der Waals surface area contributed by atoms with E-state index in [1.165, 1.54) is 0 Å². The summed E-state index contributed by atoms with van der Waals surface area (Å²) in [5.41, 5.74) is 3.66. The summed E-state index contributed by atoms with van der Waals surface area (Å²) in [4.78, 5) is 28.9. The highest BCUT2D eigenvalue weighted by atomic mass is 16.2. The Bertz CT molecular complexity index is 889. The van der Waals surface area contributed by atoms with Crippen LogP contribution in [0.4, 0.5) is 11.4 Å². The summed E-state index contributed by atoms with van der Waals surface area (Å²) in [7, 11) is 1.75. The summed E-state index contributed by atoms with van der Waals surface area (Å²) in [5.74, 6) is -0.322. The lowest BCUT2D eigenvalue weighted by Crippen LogP contribution is -2.48. The molecule has 0 aliphatic carbocycles. The fourth-order valence-corrected chi connectivity index (χ4v) is 2.99. The van der Waals surface area contributed by atoms with E-state index >= 15 is 0 Å². The molecule has 6 nitrogen and oxygen atoms in total. The van der Waals surface area contributed by atoms with Gasteiger partial charge in [-0.05, 0) is 57.1 Å². The number of benzene rings is 2. The zero-order valence-electron chi connectivity index (χ0n) is 17.5. The number of nitriles is 1. The van der Waals surface area contributed by atoms with Crippen molar-refractivity contribution in [3.8, 4) is 6.07 Å². The van der Waals surface area contributed by atoms with E-state index < -0.39 is 6.04 Å². The Balaban J connectivity index is 2.05. The van der Waals surface area contributed by atoms with Crippen LogP contribution < -0.4 is 10.2 Å². The van der Waals surface area contributed by atoms with Crippen LogP contribution >= 0.6 is 0 Å². The van der Waals surface area contributed by atoms with E-state index in [9.17, 15) is 9.59 Å². The standard InChI is InChI=1S/C23H28N4O2/c1-17-10-8-13-21(18(17)2)25-22(28)16-26(4)19(3)23(29)27(15-9-14-24)20-11-6-5-7-12-20/h5-8,10-13,19H,9,15-16H2,1-4H3,(H,25,28). The topological polar surface area (TPSA) is 76.4 Å². The highest BCUT2D eigenvalue weighted by Gasteiger charge is 2.26. The van der Waals surface area contributed by atoms with Gasteiger partial charge in [0.05, 0.1) is 25.1 Å². The Morgan fingerprint density at radius 1 is 1.10 bits per heavy atom. The number of rotatable bonds is 8. The summed E-state index contributed by atoms with van der Waals surface area (Å²) in [5, 5.41) is 11.9. The summed E-state index contributed by atoms with van der Waals surface area (Å²) < 4.78 is 0. The van der Waals surface area contributed by atoms with Gasteiger partial charge in [-0.1, -0.05) is 30.3 Å². The Labute approximate surface area is 172 Å². The number of para-hydroxylation sites is 1. The molecular weight excluding hydrogens is 364 g/mol. The number of carbonyl (C=O) groups is 2. The van der Waals surface area contributed by atoms with Crippen molar-refractivity contribution in [2.45, 2.75) is 33.2 Å². The van der Waals surface area contributed by atoms with Gasteiger partial charge >= 0.3 is 0 Å². The van der Waals surface area contributed by atoms with Crippen molar-refractivity contribution in [2.24, 2.45) is 0 Å². The van der Waals surface area contributed by atoms with Crippen LogP contribution in [0.5, 0.6) is 0 Å². The molecule has 6 heteroatoms. The molecule has 0 aromatic heterocycles. The van der Waals surface area contributed by atoms with Crippen LogP contribution in [0.3, 0.4) is 0 Å². The Hall–Kier alpha value is -3.17. The molecule has 1 N–H and O–H groups in total. The van der Waals surface area contributed by atoms with E-state index in [4.69, 9.17) is 5.26 Å². The van der Waals surface area contributed by atoms with Gasteiger partial charge in [-0.15, -0.1) is 0 Å². The van der Waals surface area contributed by atoms with E-state index in [0.29, 0.717) is 6.54 Å². The smallest absolute Gasteiger partial charge is 0.244 e. The first-order valence-corrected chi connectivity index (χ1v) is 9.64. The molecule has 2 aromatic rings. The number of nitrogens with one attached hydrogen (secondary N) is 1. The van der Waals surface area contributed by atoms with Gasteiger partial charge in [-0.3, -0.25) is 14.5 Å². The summed E-state index contributed by atoms with van der Waals surface area (Å²) >= 11 is 0. The molecule has 29 heavy (non-hydrogen) atoms. The van der Waals surface area contributed by atoms with Crippen molar-refractivity contribution in [3.05, 3.63) is 59.7 Å². The first kappa shape index (κ1) is 22.1. The van der Waals surface area contributed by atoms with E-state index in [-0.39, 0.29) is 24.8 Å². The van der Waals surface area contributed by atoms with Crippen molar-refractivity contribution in [1.82, 2.24) is 4.90 Å². The third-order valence-electron chi connectivity index (χ3n) is 5.07. The minimum atomic E-state index is -0.516. The second-order valence-corrected chi connectivity index (χ2v) is 7.12. The van der Waals surface area contributed by atoms with Crippen molar-refractivity contribution >= 4 is 23.2 Å². The lowest BCUT2D eigenvalue weighted by molar-refractivity contribution is -0.124. The van der Waals surface area contributed by atoms with Gasteiger partial charge in [0.15, 0.2) is 0 Å². The lowest BCUT2D eigenvalue weighted by atomic mass is 10.1. The van der Waals surface area contributed by atoms with E-state index in [0.717, 1.165) is 22.5 Å². The molecule has 0 spiro atoms. The van der Waals surface area contributed by atoms with Gasteiger partial charge in [0.25, 0.3) is 0 Å². The first-order valence-electron chi connectivity index (χ1n) is 9.64. The molecule has 0 fully saturated rings. The molecular formula is C23H28N4O2. The highest BCUT2D eigenvalue weighted by molar-refractivity contribution is 5.98. The second kappa shape index (κ2) is 10.4. The SMILES string of the molecule is Cc1cccc(NC(=O)CN(C)C(C)C(=O)N(CCC#N)c2ccccc2)c1C. The molecule has 2 amide bonds. The number of nitrogens with zero attached hydrogens (tertiary/aromatic N) is 3. The third-order valence-corrected chi connectivity index (χ3v) is 5.07. The summed E-state index contributed by atoms with van der Waals surface area (Å²) in [6.07, 6.45) is 0.240. The third kappa shape index (κ3) is 5.90. The number of anilines is 2. The van der Waals surface area contributed by atoms with Crippen LogP contribution in [0, 0.1) is 25.2 Å². The quantitative estimate of drug-likeness (QED) is 0.746. The van der Waals surface area contributed by atoms with E-state index in [2.05, 4.69) is 11.4 Å². The summed E-state index contributed by atoms with van der Waals surface area (Å²) in [6.45, 7) is 6.13. The molecule has 0 saturated carbocycles. The van der Waals surface area contributed by atoms with Gasteiger partial charge in [0, 0.05) is 17.9 Å².